The largest absolute Gasteiger partial charge is 0.350 e. The van der Waals surface area contributed by atoms with Crippen LogP contribution < -0.4 is 0 Å². The molecule has 0 radical (unpaired) electrons. The van der Waals surface area contributed by atoms with Gasteiger partial charge in [-0.3, -0.25) is 9.88 Å². The van der Waals surface area contributed by atoms with Crippen LogP contribution in [0.4, 0.5) is 4.39 Å². The van der Waals surface area contributed by atoms with E-state index in [2.05, 4.69) is 32.8 Å². The normalized spacial score (nSPS) is 18.1. The summed E-state index contributed by atoms with van der Waals surface area (Å²) in [6.45, 7) is 2.81. The molecule has 0 spiro atoms. The van der Waals surface area contributed by atoms with Crippen molar-refractivity contribution in [2.45, 2.75) is 25.6 Å². The summed E-state index contributed by atoms with van der Waals surface area (Å²) in [7, 11) is 0. The highest BCUT2D eigenvalue weighted by molar-refractivity contribution is 5.30. The van der Waals surface area contributed by atoms with Gasteiger partial charge < -0.3 is 4.57 Å². The molecule has 122 valence electrons. The van der Waals surface area contributed by atoms with E-state index in [0.717, 1.165) is 31.6 Å². The molecule has 0 saturated carbocycles. The Kier molecular flexibility index (Phi) is 4.13. The lowest BCUT2D eigenvalue weighted by atomic mass is 10.0. The summed E-state index contributed by atoms with van der Waals surface area (Å²) >= 11 is 0. The van der Waals surface area contributed by atoms with Crippen LogP contribution in [0.1, 0.15) is 29.3 Å². The predicted octanol–water partition coefficient (Wildman–Crippen LogP) is 4.02. The maximum absolute atomic E-state index is 13.8. The van der Waals surface area contributed by atoms with Gasteiger partial charge in [-0.05, 0) is 53.9 Å². The van der Waals surface area contributed by atoms with Crippen LogP contribution >= 0.6 is 0 Å². The lowest BCUT2D eigenvalue weighted by molar-refractivity contribution is 0.220. The number of benzene rings is 1. The molecule has 3 aromatic rings. The molecule has 3 heterocycles. The Bertz CT molecular complexity index is 813. The van der Waals surface area contributed by atoms with Gasteiger partial charge >= 0.3 is 0 Å². The third-order valence-corrected chi connectivity index (χ3v) is 4.65. The van der Waals surface area contributed by atoms with Crippen molar-refractivity contribution in [1.82, 2.24) is 14.5 Å². The molecule has 0 fully saturated rings. The predicted molar refractivity (Wildman–Crippen MR) is 91.9 cm³/mol. The van der Waals surface area contributed by atoms with E-state index < -0.39 is 0 Å². The summed E-state index contributed by atoms with van der Waals surface area (Å²) < 4.78 is 16.1. The molecule has 0 amide bonds. The lowest BCUT2D eigenvalue weighted by Crippen LogP contribution is -2.29. The van der Waals surface area contributed by atoms with E-state index in [1.54, 1.807) is 12.1 Å². The van der Waals surface area contributed by atoms with Crippen LogP contribution in [0.25, 0.3) is 0 Å². The molecule has 1 aliphatic rings. The molecule has 0 saturated heterocycles. The number of hydrogen-bond acceptors (Lipinski definition) is 2. The fourth-order valence-corrected chi connectivity index (χ4v) is 3.59. The maximum Gasteiger partial charge on any atom is 0.123 e. The van der Waals surface area contributed by atoms with Crippen molar-refractivity contribution in [2.24, 2.45) is 0 Å². The first-order valence-electron chi connectivity index (χ1n) is 8.35. The first kappa shape index (κ1) is 15.1. The number of aromatic nitrogens is 2. The molecular formula is C20H20FN3. The summed E-state index contributed by atoms with van der Waals surface area (Å²) in [5.41, 5.74) is 3.46. The van der Waals surface area contributed by atoms with E-state index >= 15 is 0 Å². The lowest BCUT2D eigenvalue weighted by Gasteiger charge is -2.30. The monoisotopic (exact) mass is 321 g/mol. The van der Waals surface area contributed by atoms with Gasteiger partial charge in [-0.2, -0.15) is 0 Å². The zero-order valence-corrected chi connectivity index (χ0v) is 13.5. The molecule has 1 atom stereocenters. The van der Waals surface area contributed by atoms with E-state index in [4.69, 9.17) is 0 Å². The molecule has 2 aromatic heterocycles. The van der Waals surface area contributed by atoms with Crippen LogP contribution in [0.3, 0.4) is 0 Å². The van der Waals surface area contributed by atoms with Crippen molar-refractivity contribution in [3.05, 3.63) is 89.8 Å². The summed E-state index contributed by atoms with van der Waals surface area (Å²) in [5, 5.41) is 0. The van der Waals surface area contributed by atoms with Crippen LogP contribution in [0, 0.1) is 5.82 Å². The minimum Gasteiger partial charge on any atom is -0.350 e. The van der Waals surface area contributed by atoms with Crippen LogP contribution in [-0.2, 0) is 13.1 Å². The molecule has 4 heteroatoms. The van der Waals surface area contributed by atoms with Gasteiger partial charge in [0.25, 0.3) is 0 Å². The Morgan fingerprint density at radius 3 is 2.75 bits per heavy atom. The van der Waals surface area contributed by atoms with Gasteiger partial charge in [-0.25, -0.2) is 4.39 Å². The summed E-state index contributed by atoms with van der Waals surface area (Å²) in [5.74, 6) is -0.182. The van der Waals surface area contributed by atoms with Gasteiger partial charge in [0.2, 0.25) is 0 Å². The van der Waals surface area contributed by atoms with Crippen molar-refractivity contribution < 1.29 is 4.39 Å². The molecule has 0 bridgehead atoms. The SMILES string of the molecule is Fc1cccc(C2c3cccn3CCCN2Cc2ccncc2)c1. The molecule has 4 rings (SSSR count). The second-order valence-corrected chi connectivity index (χ2v) is 6.26. The number of rotatable bonds is 3. The van der Waals surface area contributed by atoms with E-state index in [9.17, 15) is 4.39 Å². The van der Waals surface area contributed by atoms with Gasteiger partial charge in [0.05, 0.1) is 6.04 Å². The third kappa shape index (κ3) is 2.97. The maximum atomic E-state index is 13.8. The molecule has 0 aliphatic carbocycles. The van der Waals surface area contributed by atoms with Gasteiger partial charge in [0.15, 0.2) is 0 Å². The standard InChI is InChI=1S/C20H20FN3/c21-18-5-1-4-17(14-18)20-19-6-2-11-23(19)12-3-13-24(20)15-16-7-9-22-10-8-16/h1-2,4-11,14,20H,3,12-13,15H2. The molecule has 3 nitrogen and oxygen atoms in total. The summed E-state index contributed by atoms with van der Waals surface area (Å²) in [6.07, 6.45) is 6.86. The van der Waals surface area contributed by atoms with Crippen LogP contribution in [0.5, 0.6) is 0 Å². The Hall–Kier alpha value is -2.46. The Morgan fingerprint density at radius 1 is 1.04 bits per heavy atom. The van der Waals surface area contributed by atoms with Gasteiger partial charge in [0, 0.05) is 43.9 Å². The average Bonchev–Trinajstić information content (AvgIpc) is 2.97. The zero-order chi connectivity index (χ0) is 16.4. The Balaban J connectivity index is 1.76. The minimum atomic E-state index is -0.182. The fraction of sp³-hybridized carbons (Fsp3) is 0.250. The number of fused-ring (bicyclic) bond motifs is 1. The summed E-state index contributed by atoms with van der Waals surface area (Å²) in [6, 6.07) is 15.4. The smallest absolute Gasteiger partial charge is 0.123 e. The highest BCUT2D eigenvalue weighted by Gasteiger charge is 2.27. The number of nitrogens with zero attached hydrogens (tertiary/aromatic N) is 3. The molecule has 24 heavy (non-hydrogen) atoms. The summed E-state index contributed by atoms with van der Waals surface area (Å²) in [4.78, 5) is 6.53. The Labute approximate surface area is 141 Å². The molecule has 1 aromatic carbocycles. The van der Waals surface area contributed by atoms with Gasteiger partial charge in [-0.1, -0.05) is 12.1 Å². The van der Waals surface area contributed by atoms with Crippen LogP contribution in [0.15, 0.2) is 67.1 Å². The first-order valence-corrected chi connectivity index (χ1v) is 8.35. The van der Waals surface area contributed by atoms with Crippen molar-refractivity contribution >= 4 is 0 Å². The molecule has 0 N–H and O–H groups in total. The van der Waals surface area contributed by atoms with Crippen molar-refractivity contribution in [2.75, 3.05) is 6.54 Å². The highest BCUT2D eigenvalue weighted by Crippen LogP contribution is 2.33. The zero-order valence-electron chi connectivity index (χ0n) is 13.5. The highest BCUT2D eigenvalue weighted by atomic mass is 19.1. The van der Waals surface area contributed by atoms with E-state index in [-0.39, 0.29) is 11.9 Å². The average molecular weight is 321 g/mol. The number of hydrogen-bond donors (Lipinski definition) is 0. The molecule has 1 unspecified atom stereocenters. The number of halogens is 1. The van der Waals surface area contributed by atoms with Crippen molar-refractivity contribution in [3.8, 4) is 0 Å². The topological polar surface area (TPSA) is 21.1 Å². The molecular weight excluding hydrogens is 301 g/mol. The molecule has 1 aliphatic heterocycles. The number of pyridine rings is 1. The second-order valence-electron chi connectivity index (χ2n) is 6.26. The van der Waals surface area contributed by atoms with E-state index in [1.165, 1.54) is 17.3 Å². The van der Waals surface area contributed by atoms with Crippen LogP contribution in [0.2, 0.25) is 0 Å². The van der Waals surface area contributed by atoms with Crippen molar-refractivity contribution in [3.63, 3.8) is 0 Å². The Morgan fingerprint density at radius 2 is 1.92 bits per heavy atom. The minimum absolute atomic E-state index is 0.0614. The van der Waals surface area contributed by atoms with E-state index in [0.29, 0.717) is 0 Å². The fourth-order valence-electron chi connectivity index (χ4n) is 3.59. The first-order chi connectivity index (χ1) is 11.8. The van der Waals surface area contributed by atoms with E-state index in [1.807, 2.05) is 30.6 Å². The van der Waals surface area contributed by atoms with Gasteiger partial charge in [-0.15, -0.1) is 0 Å². The number of aryl methyl sites for hydroxylation is 1. The van der Waals surface area contributed by atoms with Crippen LogP contribution in [-0.4, -0.2) is 21.0 Å². The third-order valence-electron chi connectivity index (χ3n) is 4.65. The second kappa shape index (κ2) is 6.57. The van der Waals surface area contributed by atoms with Crippen molar-refractivity contribution in [1.29, 1.82) is 0 Å². The van der Waals surface area contributed by atoms with Gasteiger partial charge in [0.1, 0.15) is 5.82 Å². The quantitative estimate of drug-likeness (QED) is 0.726.